The number of azide groups is 1. The lowest BCUT2D eigenvalue weighted by Crippen LogP contribution is -1.28. The highest BCUT2D eigenvalue weighted by molar-refractivity contribution is 4.67. The summed E-state index contributed by atoms with van der Waals surface area (Å²) < 4.78 is 0. The summed E-state index contributed by atoms with van der Waals surface area (Å²) in [4.78, 5) is 2.36. The van der Waals surface area contributed by atoms with Gasteiger partial charge in [0.25, 0.3) is 0 Å². The molecule has 0 atom stereocenters. The molecule has 0 radical (unpaired) electrons. The zero-order valence-corrected chi connectivity index (χ0v) is 4.74. The molecule has 0 aromatic heterocycles. The predicted octanol–water partition coefficient (Wildman–Crippen LogP) is 2.29. The fraction of sp³-hybridized carbons (Fsp3) is 0.750. The van der Waals surface area contributed by atoms with Gasteiger partial charge in [-0.1, -0.05) is 12.5 Å². The molecule has 0 heterocycles. The highest BCUT2D eigenvalue weighted by Crippen LogP contribution is 1.46. The predicted molar refractivity (Wildman–Crippen MR) is 36.5 cm³/mol. The van der Waals surface area contributed by atoms with E-state index >= 15 is 0 Å². The van der Waals surface area contributed by atoms with Crippen molar-refractivity contribution in [2.75, 3.05) is 7.05 Å². The maximum absolute atomic E-state index is 7.39. The van der Waals surface area contributed by atoms with Crippen molar-refractivity contribution in [1.82, 2.24) is 0 Å². The van der Waals surface area contributed by atoms with Crippen LogP contribution in [0.3, 0.4) is 0 Å². The number of hydrogen-bond acceptors (Lipinski definition) is 2. The van der Waals surface area contributed by atoms with Gasteiger partial charge in [-0.05, 0) is 5.53 Å². The van der Waals surface area contributed by atoms with Crippen molar-refractivity contribution in [2.45, 2.75) is 14.4 Å². The van der Waals surface area contributed by atoms with Crippen LogP contribution in [0.5, 0.6) is 0 Å². The Morgan fingerprint density at radius 2 is 1.89 bits per heavy atom. The quantitative estimate of drug-likeness (QED) is 0.233. The summed E-state index contributed by atoms with van der Waals surface area (Å²) >= 11 is 0. The van der Waals surface area contributed by atoms with Crippen LogP contribution in [0.25, 0.3) is 15.5 Å². The molecule has 0 fully saturated rings. The van der Waals surface area contributed by atoms with Crippen LogP contribution in [-0.4, -0.2) is 12.3 Å². The molecule has 5 heteroatoms. The van der Waals surface area contributed by atoms with Crippen molar-refractivity contribution in [2.24, 2.45) is 5.11 Å². The third-order valence-corrected chi connectivity index (χ3v) is 0.189. The van der Waals surface area contributed by atoms with Crippen LogP contribution in [0.15, 0.2) is 5.11 Å². The van der Waals surface area contributed by atoms with Gasteiger partial charge in [-0.3, -0.25) is 0 Å². The van der Waals surface area contributed by atoms with Crippen LogP contribution in [0.2, 0.25) is 0 Å². The Kier molecular flexibility index (Phi) is 53.2. The molecule has 0 spiro atoms. The van der Waals surface area contributed by atoms with E-state index in [-0.39, 0.29) is 7.43 Å². The van der Waals surface area contributed by atoms with Crippen LogP contribution in [0.1, 0.15) is 14.4 Å². The lowest BCUT2D eigenvalue weighted by molar-refractivity contribution is 0.464. The van der Waals surface area contributed by atoms with Crippen LogP contribution in [0.4, 0.5) is 0 Å². The summed E-state index contributed by atoms with van der Waals surface area (Å²) in [5.74, 6) is 0. The monoisotopic (exact) mass is 131 g/mol. The minimum atomic E-state index is 0. The van der Waals surface area contributed by atoms with Crippen molar-refractivity contribution in [1.29, 1.82) is 0 Å². The van der Waals surface area contributed by atoms with Crippen molar-refractivity contribution in [3.63, 3.8) is 0 Å². The Morgan fingerprint density at radius 3 is 1.89 bits per heavy atom. The Balaban J connectivity index is -0.0000000720. The van der Waals surface area contributed by atoms with Crippen molar-refractivity contribution in [3.05, 3.63) is 15.5 Å². The molecule has 0 aliphatic rings. The van der Waals surface area contributed by atoms with E-state index in [4.69, 9.17) is 10.7 Å². The summed E-state index contributed by atoms with van der Waals surface area (Å²) in [6.07, 6.45) is 0. The Bertz CT molecular complexity index is 121. The third kappa shape index (κ3) is 388. The van der Waals surface area contributed by atoms with Crippen molar-refractivity contribution < 1.29 is 5.21 Å². The molecule has 0 aliphatic carbocycles. The maximum Gasteiger partial charge on any atom is 0.346 e. The molecule has 5 nitrogen and oxygen atoms in total. The first-order valence-corrected chi connectivity index (χ1v) is 1.77. The van der Waals surface area contributed by atoms with Gasteiger partial charge in [-0.15, -0.1) is 0 Å². The van der Waals surface area contributed by atoms with Gasteiger partial charge in [0, 0.05) is 12.0 Å². The second-order valence-electron chi connectivity index (χ2n) is 0.613. The van der Waals surface area contributed by atoms with Crippen LogP contribution in [-0.2, 0) is 0 Å². The van der Waals surface area contributed by atoms with Gasteiger partial charge in [-0.25, -0.2) is 0 Å². The van der Waals surface area contributed by atoms with Gasteiger partial charge in [0.2, 0.25) is 5.01 Å². The standard InChI is InChI=1S/C2H3NO.CH3N3.CH4/c1-2-3-4;1-3-4-2;/h2*1H3;1H4/p+1. The third-order valence-electron chi connectivity index (χ3n) is 0.189. The van der Waals surface area contributed by atoms with E-state index in [1.807, 2.05) is 0 Å². The molecule has 0 bridgehead atoms. The first-order valence-electron chi connectivity index (χ1n) is 1.77. The van der Waals surface area contributed by atoms with Gasteiger partial charge in [0.15, 0.2) is 0 Å². The molecule has 52 valence electrons. The molecule has 0 rings (SSSR count). The minimum absolute atomic E-state index is 0. The molecule has 0 amide bonds. The summed E-state index contributed by atoms with van der Waals surface area (Å²) in [5.41, 5.74) is 7.33. The first-order chi connectivity index (χ1) is 3.83. The van der Waals surface area contributed by atoms with Gasteiger partial charge < -0.3 is 0 Å². The topological polar surface area (TPSA) is 73.4 Å². The van der Waals surface area contributed by atoms with Crippen LogP contribution in [0, 0.1) is 6.07 Å². The average Bonchev–Trinajstić information content (AvgIpc) is 1.88. The summed E-state index contributed by atoms with van der Waals surface area (Å²) in [5, 5.41) is 12.8. The van der Waals surface area contributed by atoms with Crippen molar-refractivity contribution in [3.8, 4) is 6.07 Å². The molecule has 0 aliphatic heterocycles. The number of hydrogen-bond donors (Lipinski definition) is 1. The summed E-state index contributed by atoms with van der Waals surface area (Å²) in [6.45, 7) is 1.51. The van der Waals surface area contributed by atoms with E-state index in [1.54, 1.807) is 0 Å². The zero-order valence-electron chi connectivity index (χ0n) is 4.74. The fourth-order valence-corrected chi connectivity index (χ4v) is 0. The SMILES string of the molecule is C.CC#[N+]O.CN=[N+]=[N-]. The zero-order chi connectivity index (χ0) is 6.83. The fourth-order valence-electron chi connectivity index (χ4n) is 0. The van der Waals surface area contributed by atoms with Crippen LogP contribution < -0.4 is 0 Å². The average molecular weight is 131 g/mol. The second-order valence-corrected chi connectivity index (χ2v) is 0.613. The highest BCUT2D eigenvalue weighted by atomic mass is 16.4. The van der Waals surface area contributed by atoms with Gasteiger partial charge in [0.1, 0.15) is 0 Å². The molecule has 0 saturated carbocycles. The highest BCUT2D eigenvalue weighted by Gasteiger charge is 1.52. The molecule has 0 aromatic carbocycles. The Labute approximate surface area is 54.3 Å². The van der Waals surface area contributed by atoms with E-state index in [0.29, 0.717) is 0 Å². The molecular weight excluding hydrogens is 120 g/mol. The molecule has 1 N–H and O–H groups in total. The largest absolute Gasteiger partial charge is 0.346 e. The van der Waals surface area contributed by atoms with E-state index in [1.165, 1.54) is 14.0 Å². The second kappa shape index (κ2) is 30.6. The smallest absolute Gasteiger partial charge is 0.177 e. The minimum Gasteiger partial charge on any atom is -0.177 e. The Hall–Kier alpha value is -1.40. The van der Waals surface area contributed by atoms with E-state index < -0.39 is 0 Å². The summed E-state index contributed by atoms with van der Waals surface area (Å²) in [7, 11) is 1.39. The van der Waals surface area contributed by atoms with E-state index in [0.717, 1.165) is 0 Å². The van der Waals surface area contributed by atoms with Gasteiger partial charge in [0.05, 0.1) is 6.92 Å². The molecule has 0 unspecified atom stereocenters. The number of nitrogens with zero attached hydrogens (tertiary/aromatic N) is 4. The van der Waals surface area contributed by atoms with Crippen molar-refractivity contribution >= 4 is 0 Å². The Morgan fingerprint density at radius 1 is 1.67 bits per heavy atom. The first kappa shape index (κ1) is 15.6. The molecule has 9 heavy (non-hydrogen) atoms. The lowest BCUT2D eigenvalue weighted by Gasteiger charge is -1.35. The molecule has 0 aromatic rings. The maximum atomic E-state index is 7.39. The van der Waals surface area contributed by atoms with Gasteiger partial charge >= 0.3 is 6.07 Å². The van der Waals surface area contributed by atoms with E-state index in [2.05, 4.69) is 21.1 Å². The van der Waals surface area contributed by atoms with Crippen LogP contribution >= 0.6 is 0 Å². The molecular formula is C4H11N4O+. The summed E-state index contributed by atoms with van der Waals surface area (Å²) in [6, 6.07) is 2.11. The lowest BCUT2D eigenvalue weighted by atomic mass is 11.0. The van der Waals surface area contributed by atoms with Gasteiger partial charge in [-0.2, -0.15) is 5.21 Å². The number of rotatable bonds is 0. The van der Waals surface area contributed by atoms with E-state index in [9.17, 15) is 0 Å². The normalized spacial score (nSPS) is 3.33. The molecule has 0 saturated heterocycles.